The van der Waals surface area contributed by atoms with Crippen molar-refractivity contribution >= 4 is 5.91 Å². The molecule has 0 saturated heterocycles. The second kappa shape index (κ2) is 7.63. The molecule has 0 bridgehead atoms. The van der Waals surface area contributed by atoms with Gasteiger partial charge in [-0.15, -0.1) is 0 Å². The summed E-state index contributed by atoms with van der Waals surface area (Å²) in [6.45, 7) is 11.0. The van der Waals surface area contributed by atoms with Crippen molar-refractivity contribution in [3.63, 3.8) is 0 Å². The number of carbonyl (C=O) groups is 1. The zero-order chi connectivity index (χ0) is 12.6. The van der Waals surface area contributed by atoms with Crippen LogP contribution in [0.25, 0.3) is 0 Å². The molecule has 0 saturated carbocycles. The molecule has 0 aliphatic carbocycles. The predicted octanol–water partition coefficient (Wildman–Crippen LogP) is 0.962. The zero-order valence-electron chi connectivity index (χ0n) is 11.2. The number of nitrogens with two attached hydrogens (primary N) is 1. The Labute approximate surface area is 99.6 Å². The van der Waals surface area contributed by atoms with Crippen LogP contribution in [0.15, 0.2) is 0 Å². The summed E-state index contributed by atoms with van der Waals surface area (Å²) in [6.07, 6.45) is 1.98. The van der Waals surface area contributed by atoms with E-state index >= 15 is 0 Å². The van der Waals surface area contributed by atoms with Gasteiger partial charge in [0.25, 0.3) is 0 Å². The van der Waals surface area contributed by atoms with E-state index < -0.39 is 0 Å². The van der Waals surface area contributed by atoms with Crippen molar-refractivity contribution in [1.29, 1.82) is 0 Å². The number of amides is 1. The average Bonchev–Trinajstić information content (AvgIpc) is 2.17. The van der Waals surface area contributed by atoms with Crippen LogP contribution < -0.4 is 11.1 Å². The fraction of sp³-hybridized carbons (Fsp3) is 0.917. The van der Waals surface area contributed by atoms with Crippen molar-refractivity contribution in [2.75, 3.05) is 26.2 Å². The molecule has 0 aromatic rings. The summed E-state index contributed by atoms with van der Waals surface area (Å²) in [6, 6.07) is 0. The van der Waals surface area contributed by atoms with Crippen molar-refractivity contribution in [2.45, 2.75) is 46.1 Å². The standard InChI is InChI=1S/C12H27N3O/c1-5-8-15(9-7-13)10-11(16)14-12(3,4)6-2/h5-10,13H2,1-4H3,(H,14,16). The summed E-state index contributed by atoms with van der Waals surface area (Å²) in [7, 11) is 0. The highest BCUT2D eigenvalue weighted by Gasteiger charge is 2.18. The van der Waals surface area contributed by atoms with Gasteiger partial charge < -0.3 is 11.1 Å². The molecule has 0 radical (unpaired) electrons. The van der Waals surface area contributed by atoms with Gasteiger partial charge in [0.1, 0.15) is 0 Å². The molecule has 4 heteroatoms. The molecule has 96 valence electrons. The van der Waals surface area contributed by atoms with E-state index in [0.717, 1.165) is 25.9 Å². The molecule has 0 aromatic heterocycles. The minimum Gasteiger partial charge on any atom is -0.350 e. The second-order valence-electron chi connectivity index (χ2n) is 4.85. The molecule has 0 aromatic carbocycles. The van der Waals surface area contributed by atoms with E-state index in [2.05, 4.69) is 24.1 Å². The maximum Gasteiger partial charge on any atom is 0.234 e. The third-order valence-corrected chi connectivity index (χ3v) is 2.71. The van der Waals surface area contributed by atoms with Crippen LogP contribution in [-0.4, -0.2) is 42.5 Å². The molecule has 3 N–H and O–H groups in total. The number of hydrogen-bond acceptors (Lipinski definition) is 3. The van der Waals surface area contributed by atoms with E-state index in [1.54, 1.807) is 0 Å². The summed E-state index contributed by atoms with van der Waals surface area (Å²) >= 11 is 0. The first kappa shape index (κ1) is 15.4. The summed E-state index contributed by atoms with van der Waals surface area (Å²) in [4.78, 5) is 13.9. The molecule has 16 heavy (non-hydrogen) atoms. The molecule has 0 spiro atoms. The lowest BCUT2D eigenvalue weighted by Gasteiger charge is -2.27. The SMILES string of the molecule is CCCN(CCN)CC(=O)NC(C)(C)CC. The Bertz CT molecular complexity index is 198. The molecule has 0 rings (SSSR count). The van der Waals surface area contributed by atoms with Crippen molar-refractivity contribution in [3.8, 4) is 0 Å². The normalized spacial score (nSPS) is 11.9. The van der Waals surface area contributed by atoms with Gasteiger partial charge in [0.15, 0.2) is 0 Å². The highest BCUT2D eigenvalue weighted by atomic mass is 16.2. The van der Waals surface area contributed by atoms with Gasteiger partial charge in [0.2, 0.25) is 5.91 Å². The van der Waals surface area contributed by atoms with E-state index in [1.807, 2.05) is 13.8 Å². The first-order valence-electron chi connectivity index (χ1n) is 6.18. The molecule has 0 heterocycles. The van der Waals surface area contributed by atoms with Gasteiger partial charge in [0, 0.05) is 18.6 Å². The van der Waals surface area contributed by atoms with E-state index in [1.165, 1.54) is 0 Å². The quantitative estimate of drug-likeness (QED) is 0.652. The minimum atomic E-state index is -0.113. The van der Waals surface area contributed by atoms with Crippen LogP contribution in [0.3, 0.4) is 0 Å². The lowest BCUT2D eigenvalue weighted by molar-refractivity contribution is -0.123. The van der Waals surface area contributed by atoms with Gasteiger partial charge in [-0.25, -0.2) is 0 Å². The fourth-order valence-corrected chi connectivity index (χ4v) is 1.48. The molecular formula is C12H27N3O. The van der Waals surface area contributed by atoms with E-state index in [0.29, 0.717) is 13.1 Å². The Morgan fingerprint density at radius 1 is 1.31 bits per heavy atom. The molecule has 4 nitrogen and oxygen atoms in total. The Morgan fingerprint density at radius 3 is 2.38 bits per heavy atom. The molecular weight excluding hydrogens is 202 g/mol. The number of carbonyl (C=O) groups excluding carboxylic acids is 1. The van der Waals surface area contributed by atoms with Crippen LogP contribution >= 0.6 is 0 Å². The first-order valence-corrected chi connectivity index (χ1v) is 6.18. The van der Waals surface area contributed by atoms with Crippen LogP contribution in [-0.2, 0) is 4.79 Å². The summed E-state index contributed by atoms with van der Waals surface area (Å²) in [5.41, 5.74) is 5.40. The Morgan fingerprint density at radius 2 is 1.94 bits per heavy atom. The van der Waals surface area contributed by atoms with Crippen molar-refractivity contribution < 1.29 is 4.79 Å². The predicted molar refractivity (Wildman–Crippen MR) is 68.3 cm³/mol. The van der Waals surface area contributed by atoms with Gasteiger partial charge in [-0.3, -0.25) is 9.69 Å². The van der Waals surface area contributed by atoms with Gasteiger partial charge >= 0.3 is 0 Å². The summed E-state index contributed by atoms with van der Waals surface area (Å²) in [5, 5.41) is 3.03. The first-order chi connectivity index (χ1) is 7.45. The number of hydrogen-bond donors (Lipinski definition) is 2. The van der Waals surface area contributed by atoms with Crippen LogP contribution in [0.5, 0.6) is 0 Å². The summed E-state index contributed by atoms with van der Waals surface area (Å²) in [5.74, 6) is 0.0914. The van der Waals surface area contributed by atoms with Crippen LogP contribution in [0, 0.1) is 0 Å². The molecule has 0 aliphatic heterocycles. The molecule has 0 unspecified atom stereocenters. The van der Waals surface area contributed by atoms with Crippen LogP contribution in [0.2, 0.25) is 0 Å². The summed E-state index contributed by atoms with van der Waals surface area (Å²) < 4.78 is 0. The molecule has 0 fully saturated rings. The minimum absolute atomic E-state index is 0.0914. The van der Waals surface area contributed by atoms with Gasteiger partial charge in [0.05, 0.1) is 6.54 Å². The lowest BCUT2D eigenvalue weighted by atomic mass is 10.0. The van der Waals surface area contributed by atoms with Crippen molar-refractivity contribution in [1.82, 2.24) is 10.2 Å². The highest BCUT2D eigenvalue weighted by Crippen LogP contribution is 2.06. The van der Waals surface area contributed by atoms with Gasteiger partial charge in [-0.05, 0) is 33.2 Å². The van der Waals surface area contributed by atoms with Crippen molar-refractivity contribution in [3.05, 3.63) is 0 Å². The number of nitrogens with one attached hydrogen (secondary N) is 1. The number of nitrogens with zero attached hydrogens (tertiary/aromatic N) is 1. The molecule has 0 aliphatic rings. The fourth-order valence-electron chi connectivity index (χ4n) is 1.48. The monoisotopic (exact) mass is 229 g/mol. The van der Waals surface area contributed by atoms with E-state index in [-0.39, 0.29) is 11.4 Å². The van der Waals surface area contributed by atoms with Crippen LogP contribution in [0.4, 0.5) is 0 Å². The Kier molecular flexibility index (Phi) is 7.34. The van der Waals surface area contributed by atoms with Crippen molar-refractivity contribution in [2.24, 2.45) is 5.73 Å². The lowest BCUT2D eigenvalue weighted by Crippen LogP contribution is -2.48. The largest absolute Gasteiger partial charge is 0.350 e. The van der Waals surface area contributed by atoms with E-state index in [4.69, 9.17) is 5.73 Å². The maximum atomic E-state index is 11.8. The topological polar surface area (TPSA) is 58.4 Å². The smallest absolute Gasteiger partial charge is 0.234 e. The average molecular weight is 229 g/mol. The van der Waals surface area contributed by atoms with E-state index in [9.17, 15) is 4.79 Å². The second-order valence-corrected chi connectivity index (χ2v) is 4.85. The highest BCUT2D eigenvalue weighted by molar-refractivity contribution is 5.78. The Balaban J connectivity index is 4.08. The third-order valence-electron chi connectivity index (χ3n) is 2.71. The molecule has 0 atom stereocenters. The zero-order valence-corrected chi connectivity index (χ0v) is 11.2. The van der Waals surface area contributed by atoms with Crippen LogP contribution in [0.1, 0.15) is 40.5 Å². The van der Waals surface area contributed by atoms with Gasteiger partial charge in [-0.1, -0.05) is 13.8 Å². The Hall–Kier alpha value is -0.610. The molecule has 1 amide bonds. The third kappa shape index (κ3) is 6.80. The van der Waals surface area contributed by atoms with Gasteiger partial charge in [-0.2, -0.15) is 0 Å². The number of rotatable bonds is 8. The maximum absolute atomic E-state index is 11.8.